The maximum atomic E-state index is 13.2. The van der Waals surface area contributed by atoms with Crippen molar-refractivity contribution in [3.8, 4) is 0 Å². The molecule has 4 heteroatoms. The molecule has 0 radical (unpaired) electrons. The predicted octanol–water partition coefficient (Wildman–Crippen LogP) is 6.67. The molecule has 4 aliphatic carbocycles. The van der Waals surface area contributed by atoms with Crippen molar-refractivity contribution >= 4 is 9.84 Å². The Hall–Kier alpha value is -1.13. The van der Waals surface area contributed by atoms with Crippen LogP contribution in [0, 0.1) is 45.8 Å². The van der Waals surface area contributed by atoms with Gasteiger partial charge in [-0.1, -0.05) is 64.5 Å². The Bertz CT molecular complexity index is 1060. The summed E-state index contributed by atoms with van der Waals surface area (Å²) >= 11 is 0. The molecule has 3 fully saturated rings. The summed E-state index contributed by atoms with van der Waals surface area (Å²) < 4.78 is 26.3. The predicted molar refractivity (Wildman–Crippen MR) is 138 cm³/mol. The van der Waals surface area contributed by atoms with Gasteiger partial charge in [-0.2, -0.15) is 0 Å². The van der Waals surface area contributed by atoms with E-state index in [0.717, 1.165) is 25.7 Å². The van der Waals surface area contributed by atoms with Gasteiger partial charge in [-0.3, -0.25) is 0 Å². The average Bonchev–Trinajstić information content (AvgIpc) is 3.14. The SMILES string of the molecule is C[C@H](CS(=O)(=O)c1ccccc1)[C@H]1CC[C@H]2[C@@H]3CC=C4C(C)(C)[C@@H](O)CC[C@]4(C)[C@H]3CC[C@]12C. The highest BCUT2D eigenvalue weighted by atomic mass is 32.2. The van der Waals surface area contributed by atoms with E-state index in [2.05, 4.69) is 40.7 Å². The molecule has 3 nitrogen and oxygen atoms in total. The van der Waals surface area contributed by atoms with Crippen LogP contribution in [0.15, 0.2) is 46.9 Å². The minimum absolute atomic E-state index is 0.128. The zero-order valence-electron chi connectivity index (χ0n) is 21.8. The highest BCUT2D eigenvalue weighted by Crippen LogP contribution is 2.68. The van der Waals surface area contributed by atoms with Crippen molar-refractivity contribution in [1.29, 1.82) is 0 Å². The fraction of sp³-hybridized carbons (Fsp3) is 0.733. The molecule has 3 saturated carbocycles. The monoisotopic (exact) mass is 484 g/mol. The Balaban J connectivity index is 1.39. The minimum Gasteiger partial charge on any atom is -0.392 e. The second-order valence-corrected chi connectivity index (χ2v) is 15.3. The fourth-order valence-corrected chi connectivity index (χ4v) is 11.2. The van der Waals surface area contributed by atoms with Crippen LogP contribution in [0.3, 0.4) is 0 Å². The van der Waals surface area contributed by atoms with E-state index in [-0.39, 0.29) is 34.0 Å². The third kappa shape index (κ3) is 3.57. The Kier molecular flexibility index (Phi) is 5.92. The van der Waals surface area contributed by atoms with E-state index in [0.29, 0.717) is 28.6 Å². The summed E-state index contributed by atoms with van der Waals surface area (Å²) in [7, 11) is -3.26. The molecule has 8 atom stereocenters. The molecule has 0 saturated heterocycles. The quantitative estimate of drug-likeness (QED) is 0.485. The maximum absolute atomic E-state index is 13.2. The van der Waals surface area contributed by atoms with Gasteiger partial charge < -0.3 is 5.11 Å². The van der Waals surface area contributed by atoms with Crippen LogP contribution in [0.4, 0.5) is 0 Å². The molecular formula is C30H44O3S. The van der Waals surface area contributed by atoms with Gasteiger partial charge in [-0.15, -0.1) is 0 Å². The second kappa shape index (κ2) is 8.20. The lowest BCUT2D eigenvalue weighted by Gasteiger charge is -2.61. The molecule has 34 heavy (non-hydrogen) atoms. The van der Waals surface area contributed by atoms with Crippen molar-refractivity contribution in [2.24, 2.45) is 45.8 Å². The van der Waals surface area contributed by atoms with Crippen molar-refractivity contribution in [2.45, 2.75) is 90.6 Å². The number of allylic oxidation sites excluding steroid dienone is 1. The van der Waals surface area contributed by atoms with E-state index >= 15 is 0 Å². The van der Waals surface area contributed by atoms with Gasteiger partial charge in [0.1, 0.15) is 0 Å². The number of hydrogen-bond acceptors (Lipinski definition) is 3. The topological polar surface area (TPSA) is 54.4 Å². The van der Waals surface area contributed by atoms with Gasteiger partial charge in [0.2, 0.25) is 0 Å². The highest BCUT2D eigenvalue weighted by Gasteiger charge is 2.61. The van der Waals surface area contributed by atoms with Gasteiger partial charge >= 0.3 is 0 Å². The van der Waals surface area contributed by atoms with Crippen molar-refractivity contribution in [2.75, 3.05) is 5.75 Å². The molecule has 188 valence electrons. The molecule has 1 aromatic rings. The van der Waals surface area contributed by atoms with E-state index in [4.69, 9.17) is 0 Å². The van der Waals surface area contributed by atoms with Crippen molar-refractivity contribution in [3.05, 3.63) is 42.0 Å². The molecule has 0 amide bonds. The number of sulfone groups is 1. The summed E-state index contributed by atoms with van der Waals surface area (Å²) in [5, 5.41) is 10.8. The Morgan fingerprint density at radius 2 is 1.68 bits per heavy atom. The highest BCUT2D eigenvalue weighted by molar-refractivity contribution is 7.91. The summed E-state index contributed by atoms with van der Waals surface area (Å²) in [6.45, 7) is 11.7. The van der Waals surface area contributed by atoms with Gasteiger partial charge in [-0.25, -0.2) is 8.42 Å². The van der Waals surface area contributed by atoms with Gasteiger partial charge in [0.25, 0.3) is 0 Å². The van der Waals surface area contributed by atoms with E-state index in [9.17, 15) is 13.5 Å². The molecule has 1 aromatic carbocycles. The number of aliphatic hydroxyl groups excluding tert-OH is 1. The van der Waals surface area contributed by atoms with Gasteiger partial charge in [0.15, 0.2) is 9.84 Å². The molecule has 0 unspecified atom stereocenters. The molecule has 4 aliphatic rings. The summed E-state index contributed by atoms with van der Waals surface area (Å²) in [5.74, 6) is 2.97. The number of aliphatic hydroxyl groups is 1. The van der Waals surface area contributed by atoms with Gasteiger partial charge in [0.05, 0.1) is 16.8 Å². The Labute approximate surface area is 207 Å². The zero-order valence-corrected chi connectivity index (χ0v) is 22.6. The lowest BCUT2D eigenvalue weighted by atomic mass is 9.44. The van der Waals surface area contributed by atoms with Gasteiger partial charge in [-0.05, 0) is 97.5 Å². The van der Waals surface area contributed by atoms with Crippen LogP contribution in [0.25, 0.3) is 0 Å². The minimum atomic E-state index is -3.26. The molecule has 0 aliphatic heterocycles. The lowest BCUT2D eigenvalue weighted by Crippen LogP contribution is -2.54. The molecule has 0 heterocycles. The number of hydrogen-bond donors (Lipinski definition) is 1. The summed E-state index contributed by atoms with van der Waals surface area (Å²) in [6.07, 6.45) is 10.3. The van der Waals surface area contributed by atoms with Crippen LogP contribution in [-0.4, -0.2) is 25.4 Å². The molecule has 0 spiro atoms. The van der Waals surface area contributed by atoms with E-state index < -0.39 is 9.84 Å². The standard InChI is InChI=1S/C30H44O3S/c1-20(19-34(32,33)21-9-7-6-8-10-21)23-12-13-24-22-11-14-26-28(2,3)27(31)16-18-30(26,5)25(22)15-17-29(23,24)4/h6-10,14,20,22-25,27,31H,11-13,15-19H2,1-5H3/t20-,22+,23-,24+,25+,27+,29-,30-/m1/s1. The Morgan fingerprint density at radius 3 is 2.38 bits per heavy atom. The van der Waals surface area contributed by atoms with Crippen LogP contribution in [0.5, 0.6) is 0 Å². The third-order valence-corrected chi connectivity index (χ3v) is 13.2. The molecule has 0 bridgehead atoms. The van der Waals surface area contributed by atoms with E-state index in [1.165, 1.54) is 24.8 Å². The lowest BCUT2D eigenvalue weighted by molar-refractivity contribution is -0.0770. The number of benzene rings is 1. The summed E-state index contributed by atoms with van der Waals surface area (Å²) in [4.78, 5) is 0.463. The zero-order chi connectivity index (χ0) is 24.5. The largest absolute Gasteiger partial charge is 0.392 e. The van der Waals surface area contributed by atoms with Gasteiger partial charge in [0, 0.05) is 5.41 Å². The number of fused-ring (bicyclic) bond motifs is 5. The molecule has 1 N–H and O–H groups in total. The average molecular weight is 485 g/mol. The Morgan fingerprint density at radius 1 is 0.971 bits per heavy atom. The smallest absolute Gasteiger partial charge is 0.178 e. The molecule has 0 aromatic heterocycles. The first-order valence-electron chi connectivity index (χ1n) is 13.6. The molecular weight excluding hydrogens is 440 g/mol. The first-order chi connectivity index (χ1) is 15.9. The van der Waals surface area contributed by atoms with Crippen LogP contribution in [0.1, 0.15) is 79.6 Å². The third-order valence-electron chi connectivity index (χ3n) is 11.3. The van der Waals surface area contributed by atoms with Crippen LogP contribution in [-0.2, 0) is 9.84 Å². The van der Waals surface area contributed by atoms with E-state index in [1.807, 2.05) is 18.2 Å². The van der Waals surface area contributed by atoms with Crippen molar-refractivity contribution < 1.29 is 13.5 Å². The summed E-state index contributed by atoms with van der Waals surface area (Å²) in [5.41, 5.74) is 1.82. The normalized spacial score (nSPS) is 42.2. The number of rotatable bonds is 4. The van der Waals surface area contributed by atoms with Crippen LogP contribution >= 0.6 is 0 Å². The van der Waals surface area contributed by atoms with Crippen LogP contribution < -0.4 is 0 Å². The first kappa shape index (κ1) is 24.6. The van der Waals surface area contributed by atoms with Crippen LogP contribution in [0.2, 0.25) is 0 Å². The first-order valence-corrected chi connectivity index (χ1v) is 15.2. The fourth-order valence-electron chi connectivity index (χ4n) is 9.55. The maximum Gasteiger partial charge on any atom is 0.178 e. The second-order valence-electron chi connectivity index (χ2n) is 13.2. The molecule has 5 rings (SSSR count). The van der Waals surface area contributed by atoms with Crippen molar-refractivity contribution in [1.82, 2.24) is 0 Å². The van der Waals surface area contributed by atoms with E-state index in [1.54, 1.807) is 12.1 Å². The summed E-state index contributed by atoms with van der Waals surface area (Å²) in [6, 6.07) is 9.00. The van der Waals surface area contributed by atoms with Crippen molar-refractivity contribution in [3.63, 3.8) is 0 Å².